The zero-order chi connectivity index (χ0) is 13.0. The molecular formula is C14H14ClNaO2S. The molecule has 0 fully saturated rings. The van der Waals surface area contributed by atoms with Crippen LogP contribution in [0.25, 0.3) is 11.1 Å². The van der Waals surface area contributed by atoms with Crippen molar-refractivity contribution in [3.8, 4) is 11.1 Å². The number of hydrogen-bond donors (Lipinski definition) is 1. The summed E-state index contributed by atoms with van der Waals surface area (Å²) in [6.07, 6.45) is 0.677. The van der Waals surface area contributed by atoms with Crippen LogP contribution in [-0.4, -0.2) is 14.6 Å². The van der Waals surface area contributed by atoms with Crippen LogP contribution in [0.5, 0.6) is 0 Å². The molecule has 2 aromatic carbocycles. The topological polar surface area (TPSA) is 37.3 Å². The van der Waals surface area contributed by atoms with E-state index in [0.29, 0.717) is 17.2 Å². The molecule has 1 N–H and O–H groups in total. The fraction of sp³-hybridized carbons (Fsp3) is 0.143. The predicted molar refractivity (Wildman–Crippen MR) is 76.5 cm³/mol. The Bertz CT molecular complexity index is 566. The summed E-state index contributed by atoms with van der Waals surface area (Å²) in [5, 5.41) is 0. The van der Waals surface area contributed by atoms with Crippen molar-refractivity contribution in [1.82, 2.24) is 0 Å². The van der Waals surface area contributed by atoms with Crippen molar-refractivity contribution in [2.45, 2.75) is 11.3 Å². The fourth-order valence-corrected chi connectivity index (χ4v) is 2.52. The van der Waals surface area contributed by atoms with Crippen LogP contribution in [0.15, 0.2) is 53.4 Å². The van der Waals surface area contributed by atoms with E-state index >= 15 is 0 Å². The summed E-state index contributed by atoms with van der Waals surface area (Å²) in [6.45, 7) is 0. The van der Waals surface area contributed by atoms with Crippen molar-refractivity contribution in [2.24, 2.45) is 0 Å². The Labute approximate surface area is 144 Å². The van der Waals surface area contributed by atoms with Crippen molar-refractivity contribution in [3.63, 3.8) is 0 Å². The molecule has 0 heterocycles. The summed E-state index contributed by atoms with van der Waals surface area (Å²) in [5.41, 5.74) is 3.15. The van der Waals surface area contributed by atoms with Crippen molar-refractivity contribution >= 4 is 22.7 Å². The van der Waals surface area contributed by atoms with E-state index in [4.69, 9.17) is 16.2 Å². The first-order valence-electron chi connectivity index (χ1n) is 5.57. The molecular weight excluding hydrogens is 291 g/mol. The second-order valence-corrected chi connectivity index (χ2v) is 5.22. The maximum Gasteiger partial charge on any atom is 1.00 e. The van der Waals surface area contributed by atoms with Gasteiger partial charge in [0, 0.05) is 5.88 Å². The molecule has 0 saturated heterocycles. The Morgan fingerprint density at radius 1 is 1.16 bits per heavy atom. The van der Waals surface area contributed by atoms with Gasteiger partial charge in [-0.05, 0) is 35.2 Å². The van der Waals surface area contributed by atoms with Gasteiger partial charge in [-0.3, -0.25) is 0 Å². The number of rotatable bonds is 4. The van der Waals surface area contributed by atoms with Gasteiger partial charge in [-0.2, -0.15) is 0 Å². The summed E-state index contributed by atoms with van der Waals surface area (Å²) >= 11 is 3.84. The van der Waals surface area contributed by atoms with Gasteiger partial charge in [0.15, 0.2) is 11.1 Å². The molecule has 19 heavy (non-hydrogen) atoms. The van der Waals surface area contributed by atoms with Crippen LogP contribution in [0.1, 0.15) is 6.99 Å². The summed E-state index contributed by atoms with van der Waals surface area (Å²) in [4.78, 5) is 0.412. The van der Waals surface area contributed by atoms with Crippen LogP contribution in [0, 0.1) is 0 Å². The molecule has 0 aliphatic carbocycles. The van der Waals surface area contributed by atoms with Gasteiger partial charge in [-0.15, -0.1) is 11.6 Å². The third kappa shape index (κ3) is 4.42. The van der Waals surface area contributed by atoms with Crippen molar-refractivity contribution in [2.75, 3.05) is 5.88 Å². The Morgan fingerprint density at radius 3 is 2.42 bits per heavy atom. The molecule has 0 amide bonds. The monoisotopic (exact) mass is 304 g/mol. The minimum Gasteiger partial charge on any atom is -1.00 e. The van der Waals surface area contributed by atoms with Gasteiger partial charge in [-0.25, -0.2) is 4.21 Å². The van der Waals surface area contributed by atoms with Crippen molar-refractivity contribution in [3.05, 3.63) is 54.1 Å². The average Bonchev–Trinajstić information content (AvgIpc) is 2.40. The Kier molecular flexibility index (Phi) is 7.29. The second-order valence-electron chi connectivity index (χ2n) is 3.87. The third-order valence-electron chi connectivity index (χ3n) is 2.73. The predicted octanol–water partition coefficient (Wildman–Crippen LogP) is 0.832. The molecule has 0 radical (unpaired) electrons. The average molecular weight is 305 g/mol. The maximum absolute atomic E-state index is 11.1. The summed E-state index contributed by atoms with van der Waals surface area (Å²) in [6, 6.07) is 15.2. The van der Waals surface area contributed by atoms with E-state index in [2.05, 4.69) is 0 Å². The normalized spacial score (nSPS) is 11.7. The van der Waals surface area contributed by atoms with Crippen LogP contribution < -0.4 is 29.6 Å². The van der Waals surface area contributed by atoms with Crippen LogP contribution in [-0.2, 0) is 17.5 Å². The summed E-state index contributed by atoms with van der Waals surface area (Å²) in [7, 11) is 0. The van der Waals surface area contributed by atoms with Crippen LogP contribution in [0.3, 0.4) is 0 Å². The molecule has 2 nitrogen and oxygen atoms in total. The molecule has 0 aliphatic heterocycles. The first-order valence-corrected chi connectivity index (χ1v) is 7.21. The Hall–Kier alpha value is -0.160. The Balaban J connectivity index is 0.00000180. The molecule has 5 heteroatoms. The third-order valence-corrected chi connectivity index (χ3v) is 3.57. The number of aryl methyl sites for hydroxylation is 1. The largest absolute Gasteiger partial charge is 1.00 e. The van der Waals surface area contributed by atoms with Gasteiger partial charge in [0.25, 0.3) is 0 Å². The zero-order valence-corrected chi connectivity index (χ0v) is 14.2. The van der Waals surface area contributed by atoms with E-state index in [0.717, 1.165) is 16.7 Å². The minimum atomic E-state index is -1.95. The fourth-order valence-electron chi connectivity index (χ4n) is 1.89. The van der Waals surface area contributed by atoms with Crippen LogP contribution in [0.4, 0.5) is 0 Å². The van der Waals surface area contributed by atoms with Gasteiger partial charge in [0.2, 0.25) is 0 Å². The standard InChI is InChI=1S/C14H13ClO2S.Na.H/c15-9-8-12-10-13(18(16)17)6-7-14(12)11-4-2-1-3-5-11;;/h1-7,10H,8-9H2,(H,16,17);;/q;+1;-1. The van der Waals surface area contributed by atoms with Crippen molar-refractivity contribution in [1.29, 1.82) is 0 Å². The second kappa shape index (κ2) is 8.20. The minimum absolute atomic E-state index is 0. The number of benzene rings is 2. The van der Waals surface area contributed by atoms with E-state index < -0.39 is 11.1 Å². The van der Waals surface area contributed by atoms with E-state index in [9.17, 15) is 4.21 Å². The first-order chi connectivity index (χ1) is 8.72. The van der Waals surface area contributed by atoms with E-state index in [-0.39, 0.29) is 31.0 Å². The maximum atomic E-state index is 11.1. The van der Waals surface area contributed by atoms with E-state index in [1.807, 2.05) is 36.4 Å². The zero-order valence-electron chi connectivity index (χ0n) is 11.7. The van der Waals surface area contributed by atoms with Gasteiger partial charge in [-0.1, -0.05) is 36.4 Å². The van der Waals surface area contributed by atoms with Crippen LogP contribution >= 0.6 is 11.6 Å². The summed E-state index contributed by atoms with van der Waals surface area (Å²) in [5.74, 6) is 0.487. The van der Waals surface area contributed by atoms with Gasteiger partial charge < -0.3 is 5.98 Å². The summed E-state index contributed by atoms with van der Waals surface area (Å²) < 4.78 is 20.2. The van der Waals surface area contributed by atoms with E-state index in [1.54, 1.807) is 12.1 Å². The Morgan fingerprint density at radius 2 is 1.84 bits per heavy atom. The molecule has 2 rings (SSSR count). The quantitative estimate of drug-likeness (QED) is 0.516. The number of alkyl halides is 1. The molecule has 0 aliphatic rings. The molecule has 0 aromatic heterocycles. The smallest absolute Gasteiger partial charge is 1.00 e. The molecule has 1 atom stereocenters. The van der Waals surface area contributed by atoms with Gasteiger partial charge >= 0.3 is 29.6 Å². The van der Waals surface area contributed by atoms with E-state index in [1.165, 1.54) is 0 Å². The molecule has 2 aromatic rings. The molecule has 1 unspecified atom stereocenters. The molecule has 0 saturated carbocycles. The number of hydrogen-bond acceptors (Lipinski definition) is 1. The van der Waals surface area contributed by atoms with Crippen molar-refractivity contribution < 1.29 is 39.7 Å². The van der Waals surface area contributed by atoms with Gasteiger partial charge in [0.05, 0.1) is 4.90 Å². The molecule has 0 spiro atoms. The molecule has 96 valence electrons. The van der Waals surface area contributed by atoms with Crippen LogP contribution in [0.2, 0.25) is 0 Å². The van der Waals surface area contributed by atoms with Gasteiger partial charge in [0.1, 0.15) is 0 Å². The SMILES string of the molecule is O=S(O)c1ccc(-c2ccccc2)c(CCCl)c1.[H-].[Na+]. The number of halogens is 1. The molecule has 0 bridgehead atoms. The first kappa shape index (κ1) is 16.9.